The van der Waals surface area contributed by atoms with Crippen molar-refractivity contribution in [2.24, 2.45) is 11.3 Å². The van der Waals surface area contributed by atoms with Gasteiger partial charge in [0.05, 0.1) is 29.5 Å². The molecule has 2 atom stereocenters. The lowest BCUT2D eigenvalue weighted by Crippen LogP contribution is -2.46. The number of likely N-dealkylation sites (tertiary alicyclic amines) is 1. The lowest BCUT2D eigenvalue weighted by atomic mass is 9.73. The number of hydrogen-bond donors (Lipinski definition) is 1. The molecule has 0 radical (unpaired) electrons. The SMILES string of the molecule is CC1CCCN(C(=O)CN2c3ccccc3NC3=C(C(=O)CC(C)(C)C3)C2c2ccc(C(F)(F)F)cc2)C1. The van der Waals surface area contributed by atoms with Gasteiger partial charge in [0.15, 0.2) is 5.78 Å². The first kappa shape index (κ1) is 26.3. The van der Waals surface area contributed by atoms with E-state index in [1.54, 1.807) is 0 Å². The molecule has 2 unspecified atom stereocenters. The van der Waals surface area contributed by atoms with Gasteiger partial charge in [0, 0.05) is 30.8 Å². The Morgan fingerprint density at radius 2 is 1.79 bits per heavy atom. The predicted molar refractivity (Wildman–Crippen MR) is 142 cm³/mol. The first-order valence-corrected chi connectivity index (χ1v) is 13.3. The fourth-order valence-electron chi connectivity index (χ4n) is 6.09. The van der Waals surface area contributed by atoms with Gasteiger partial charge in [-0.15, -0.1) is 0 Å². The van der Waals surface area contributed by atoms with Crippen molar-refractivity contribution < 1.29 is 22.8 Å². The third-order valence-corrected chi connectivity index (χ3v) is 7.87. The zero-order valence-electron chi connectivity index (χ0n) is 22.1. The average molecular weight is 526 g/mol. The largest absolute Gasteiger partial charge is 0.416 e. The lowest BCUT2D eigenvalue weighted by Gasteiger charge is -2.39. The van der Waals surface area contributed by atoms with E-state index in [-0.39, 0.29) is 23.7 Å². The molecule has 2 heterocycles. The van der Waals surface area contributed by atoms with Crippen molar-refractivity contribution in [1.29, 1.82) is 0 Å². The summed E-state index contributed by atoms with van der Waals surface area (Å²) < 4.78 is 40.2. The van der Waals surface area contributed by atoms with Crippen LogP contribution in [0, 0.1) is 11.3 Å². The number of allylic oxidation sites excluding steroid dienone is 1. The quantitative estimate of drug-likeness (QED) is 0.492. The van der Waals surface area contributed by atoms with Crippen LogP contribution < -0.4 is 10.2 Å². The minimum absolute atomic E-state index is 0.0184. The van der Waals surface area contributed by atoms with Gasteiger partial charge in [-0.1, -0.05) is 45.0 Å². The van der Waals surface area contributed by atoms with E-state index in [4.69, 9.17) is 0 Å². The van der Waals surface area contributed by atoms with Gasteiger partial charge in [-0.25, -0.2) is 0 Å². The Morgan fingerprint density at radius 3 is 2.47 bits per heavy atom. The highest BCUT2D eigenvalue weighted by Crippen LogP contribution is 2.48. The molecular weight excluding hydrogens is 491 g/mol. The number of alkyl halides is 3. The summed E-state index contributed by atoms with van der Waals surface area (Å²) >= 11 is 0. The summed E-state index contributed by atoms with van der Waals surface area (Å²) in [6, 6.07) is 11.9. The topological polar surface area (TPSA) is 52.7 Å². The Morgan fingerprint density at radius 1 is 1.08 bits per heavy atom. The molecule has 1 fully saturated rings. The molecule has 3 aliphatic rings. The van der Waals surface area contributed by atoms with Crippen molar-refractivity contribution in [2.75, 3.05) is 29.9 Å². The minimum atomic E-state index is -4.47. The maximum absolute atomic E-state index is 13.7. The minimum Gasteiger partial charge on any atom is -0.357 e. The molecule has 8 heteroatoms. The molecule has 0 aromatic heterocycles. The van der Waals surface area contributed by atoms with Gasteiger partial charge in [-0.05, 0) is 60.4 Å². The number of para-hydroxylation sites is 2. The van der Waals surface area contributed by atoms with Crippen molar-refractivity contribution in [3.05, 3.63) is 70.9 Å². The number of nitrogens with zero attached hydrogens (tertiary/aromatic N) is 2. The van der Waals surface area contributed by atoms with Gasteiger partial charge < -0.3 is 15.1 Å². The van der Waals surface area contributed by atoms with Crippen LogP contribution in [0.4, 0.5) is 24.5 Å². The number of halogens is 3. The maximum Gasteiger partial charge on any atom is 0.416 e. The van der Waals surface area contributed by atoms with E-state index in [0.29, 0.717) is 43.0 Å². The second-order valence-electron chi connectivity index (χ2n) is 11.7. The Hall–Kier alpha value is -3.29. The van der Waals surface area contributed by atoms with Gasteiger partial charge in [0.2, 0.25) is 5.91 Å². The summed E-state index contributed by atoms with van der Waals surface area (Å²) in [6.07, 6.45) is -1.51. The molecule has 0 saturated carbocycles. The fourth-order valence-corrected chi connectivity index (χ4v) is 6.09. The van der Waals surface area contributed by atoms with Crippen molar-refractivity contribution in [1.82, 2.24) is 4.90 Å². The van der Waals surface area contributed by atoms with Gasteiger partial charge in [0.25, 0.3) is 0 Å². The van der Waals surface area contributed by atoms with Gasteiger partial charge in [-0.2, -0.15) is 13.2 Å². The summed E-state index contributed by atoms with van der Waals surface area (Å²) in [5.74, 6) is 0.314. The highest BCUT2D eigenvalue weighted by Gasteiger charge is 2.42. The molecule has 0 bridgehead atoms. The molecule has 202 valence electrons. The normalized spacial score (nSPS) is 23.4. The van der Waals surface area contributed by atoms with Crippen LogP contribution in [-0.2, 0) is 15.8 Å². The Bertz CT molecular complexity index is 1270. The second-order valence-corrected chi connectivity index (χ2v) is 11.7. The van der Waals surface area contributed by atoms with Gasteiger partial charge in [-0.3, -0.25) is 9.59 Å². The van der Waals surface area contributed by atoms with Crippen molar-refractivity contribution in [3.63, 3.8) is 0 Å². The molecule has 1 N–H and O–H groups in total. The van der Waals surface area contributed by atoms with E-state index in [1.807, 2.05) is 47.9 Å². The third-order valence-electron chi connectivity index (χ3n) is 7.87. The third kappa shape index (κ3) is 5.18. The number of benzene rings is 2. The van der Waals surface area contributed by atoms with E-state index >= 15 is 0 Å². The Balaban J connectivity index is 1.65. The summed E-state index contributed by atoms with van der Waals surface area (Å²) in [7, 11) is 0. The first-order chi connectivity index (χ1) is 17.9. The van der Waals surface area contributed by atoms with Crippen molar-refractivity contribution in [2.45, 2.75) is 58.7 Å². The summed E-state index contributed by atoms with van der Waals surface area (Å²) in [6.45, 7) is 7.60. The van der Waals surface area contributed by atoms with E-state index < -0.39 is 17.8 Å². The molecule has 1 saturated heterocycles. The van der Waals surface area contributed by atoms with Crippen molar-refractivity contribution in [3.8, 4) is 0 Å². The zero-order chi connectivity index (χ0) is 27.2. The van der Waals surface area contributed by atoms with Crippen LogP contribution in [0.15, 0.2) is 59.8 Å². The van der Waals surface area contributed by atoms with Gasteiger partial charge >= 0.3 is 6.18 Å². The van der Waals surface area contributed by atoms with Crippen LogP contribution in [0.25, 0.3) is 0 Å². The van der Waals surface area contributed by atoms with Crippen LogP contribution in [0.1, 0.15) is 63.6 Å². The van der Waals surface area contributed by atoms with Crippen LogP contribution >= 0.6 is 0 Å². The number of nitrogens with one attached hydrogen (secondary N) is 1. The summed E-state index contributed by atoms with van der Waals surface area (Å²) in [5, 5.41) is 3.48. The highest BCUT2D eigenvalue weighted by molar-refractivity contribution is 6.01. The molecule has 0 spiro atoms. The number of fused-ring (bicyclic) bond motifs is 1. The van der Waals surface area contributed by atoms with Crippen LogP contribution in [0.3, 0.4) is 0 Å². The number of anilines is 2. The molecule has 5 rings (SSSR count). The molecular formula is C30H34F3N3O2. The number of Topliss-reactive ketones (excluding diaryl/α,β-unsaturated/α-hetero) is 1. The number of carbonyl (C=O) groups is 2. The van der Waals surface area contributed by atoms with E-state index in [1.165, 1.54) is 12.1 Å². The second kappa shape index (κ2) is 9.79. The molecule has 38 heavy (non-hydrogen) atoms. The monoisotopic (exact) mass is 525 g/mol. The molecule has 5 nitrogen and oxygen atoms in total. The Labute approximate surface area is 221 Å². The maximum atomic E-state index is 13.7. The zero-order valence-corrected chi connectivity index (χ0v) is 22.1. The molecule has 1 amide bonds. The molecule has 1 aliphatic carbocycles. The Kier molecular flexibility index (Phi) is 6.78. The number of piperidine rings is 1. The lowest BCUT2D eigenvalue weighted by molar-refractivity contribution is -0.137. The number of rotatable bonds is 3. The van der Waals surface area contributed by atoms with Crippen LogP contribution in [-0.4, -0.2) is 36.2 Å². The smallest absolute Gasteiger partial charge is 0.357 e. The van der Waals surface area contributed by atoms with Crippen LogP contribution in [0.2, 0.25) is 0 Å². The summed E-state index contributed by atoms with van der Waals surface area (Å²) in [4.78, 5) is 31.2. The van der Waals surface area contributed by atoms with Gasteiger partial charge in [0.1, 0.15) is 0 Å². The molecule has 2 aromatic rings. The number of hydrogen-bond acceptors (Lipinski definition) is 4. The number of ketones is 1. The highest BCUT2D eigenvalue weighted by atomic mass is 19.4. The number of amides is 1. The van der Waals surface area contributed by atoms with Crippen molar-refractivity contribution >= 4 is 23.1 Å². The number of carbonyl (C=O) groups excluding carboxylic acids is 2. The predicted octanol–water partition coefficient (Wildman–Crippen LogP) is 6.58. The fraction of sp³-hybridized carbons (Fsp3) is 0.467. The van der Waals surface area contributed by atoms with Crippen LogP contribution in [0.5, 0.6) is 0 Å². The first-order valence-electron chi connectivity index (χ1n) is 13.3. The standard InChI is InChI=1S/C30H34F3N3O2/c1-19-7-6-14-35(17-19)26(38)18-36-24-9-5-4-8-22(24)34-23-15-29(2,3)16-25(37)27(23)28(36)20-10-12-21(13-11-20)30(31,32)33/h4-5,8-13,19,28,34H,6-7,14-18H2,1-3H3. The summed E-state index contributed by atoms with van der Waals surface area (Å²) in [5.41, 5.74) is 2.36. The van der Waals surface area contributed by atoms with E-state index in [2.05, 4.69) is 12.2 Å². The van der Waals surface area contributed by atoms with E-state index in [0.717, 1.165) is 42.0 Å². The van der Waals surface area contributed by atoms with E-state index in [9.17, 15) is 22.8 Å². The average Bonchev–Trinajstić information content (AvgIpc) is 2.97. The molecule has 2 aliphatic heterocycles. The molecule has 2 aromatic carbocycles.